The number of anilines is 1. The Morgan fingerprint density at radius 2 is 2.25 bits per heavy atom. The molecular weight excluding hydrogens is 270 g/mol. The van der Waals surface area contributed by atoms with Crippen LogP contribution in [0.2, 0.25) is 0 Å². The molecule has 0 fully saturated rings. The largest absolute Gasteiger partial charge is 0.353 e. The van der Waals surface area contributed by atoms with Gasteiger partial charge in [0, 0.05) is 30.8 Å². The maximum absolute atomic E-state index is 4.39. The highest BCUT2D eigenvalue weighted by molar-refractivity contribution is 9.09. The molecule has 0 aliphatic heterocycles. The molecule has 2 rings (SSSR count). The Morgan fingerprint density at radius 1 is 1.44 bits per heavy atom. The van der Waals surface area contributed by atoms with Gasteiger partial charge in [0.2, 0.25) is 5.65 Å². The molecule has 0 saturated heterocycles. The Morgan fingerprint density at radius 3 is 2.94 bits per heavy atom. The van der Waals surface area contributed by atoms with E-state index in [2.05, 4.69) is 42.9 Å². The minimum Gasteiger partial charge on any atom is -0.353 e. The molecule has 6 heteroatoms. The summed E-state index contributed by atoms with van der Waals surface area (Å²) in [5.74, 6) is 1.78. The normalized spacial score (nSPS) is 10.9. The second kappa shape index (κ2) is 4.78. The molecule has 0 spiro atoms. The minimum absolute atomic E-state index is 0.822. The van der Waals surface area contributed by atoms with Gasteiger partial charge in [-0.3, -0.25) is 4.40 Å². The van der Waals surface area contributed by atoms with E-state index < -0.39 is 0 Å². The fourth-order valence-electron chi connectivity index (χ4n) is 1.67. The predicted molar refractivity (Wildman–Crippen MR) is 67.2 cm³/mol. The van der Waals surface area contributed by atoms with Crippen LogP contribution in [0, 0.1) is 6.92 Å². The molecule has 2 aromatic heterocycles. The first-order valence-electron chi connectivity index (χ1n) is 5.25. The number of fused-ring (bicyclic) bond motifs is 1. The molecule has 0 bridgehead atoms. The van der Waals surface area contributed by atoms with Crippen molar-refractivity contribution in [1.29, 1.82) is 0 Å². The van der Waals surface area contributed by atoms with Gasteiger partial charge < -0.3 is 4.90 Å². The summed E-state index contributed by atoms with van der Waals surface area (Å²) in [6, 6.07) is 0. The maximum Gasteiger partial charge on any atom is 0.203 e. The van der Waals surface area contributed by atoms with Crippen LogP contribution in [0.3, 0.4) is 0 Å². The first kappa shape index (κ1) is 11.3. The summed E-state index contributed by atoms with van der Waals surface area (Å²) in [4.78, 5) is 6.57. The van der Waals surface area contributed by atoms with Gasteiger partial charge in [-0.15, -0.1) is 10.2 Å². The van der Waals surface area contributed by atoms with Gasteiger partial charge in [-0.05, 0) is 13.8 Å². The third-order valence-corrected chi connectivity index (χ3v) is 2.87. The molecule has 0 radical (unpaired) electrons. The molecule has 16 heavy (non-hydrogen) atoms. The lowest BCUT2D eigenvalue weighted by Crippen LogP contribution is -2.26. The highest BCUT2D eigenvalue weighted by Gasteiger charge is 2.12. The third kappa shape index (κ3) is 1.89. The van der Waals surface area contributed by atoms with E-state index in [0.29, 0.717) is 0 Å². The molecule has 5 nitrogen and oxygen atoms in total. The van der Waals surface area contributed by atoms with Crippen molar-refractivity contribution in [3.8, 4) is 0 Å². The fourth-order valence-corrected chi connectivity index (χ4v) is 2.10. The van der Waals surface area contributed by atoms with Crippen molar-refractivity contribution < 1.29 is 0 Å². The Kier molecular flexibility index (Phi) is 3.38. The summed E-state index contributed by atoms with van der Waals surface area (Å²) < 4.78 is 1.96. The van der Waals surface area contributed by atoms with E-state index >= 15 is 0 Å². The maximum atomic E-state index is 4.39. The van der Waals surface area contributed by atoms with E-state index in [9.17, 15) is 0 Å². The smallest absolute Gasteiger partial charge is 0.203 e. The second-order valence-electron chi connectivity index (χ2n) is 3.46. The van der Waals surface area contributed by atoms with Gasteiger partial charge >= 0.3 is 0 Å². The molecule has 0 amide bonds. The molecular formula is C10H14BrN5. The number of alkyl halides is 1. The molecule has 86 valence electrons. The fraction of sp³-hybridized carbons (Fsp3) is 0.500. The summed E-state index contributed by atoms with van der Waals surface area (Å²) >= 11 is 3.45. The highest BCUT2D eigenvalue weighted by Crippen LogP contribution is 2.17. The summed E-state index contributed by atoms with van der Waals surface area (Å²) in [5.41, 5.74) is 0.822. The van der Waals surface area contributed by atoms with Gasteiger partial charge in [0.25, 0.3) is 0 Å². The van der Waals surface area contributed by atoms with Crippen molar-refractivity contribution in [3.63, 3.8) is 0 Å². The quantitative estimate of drug-likeness (QED) is 0.801. The predicted octanol–water partition coefficient (Wildman–Crippen LogP) is 1.65. The van der Waals surface area contributed by atoms with E-state index in [1.807, 2.05) is 17.5 Å². The number of aromatic nitrogens is 4. The summed E-state index contributed by atoms with van der Waals surface area (Å²) in [5, 5.41) is 9.14. The first-order chi connectivity index (χ1) is 7.77. The van der Waals surface area contributed by atoms with Crippen LogP contribution in [-0.4, -0.2) is 38.0 Å². The van der Waals surface area contributed by atoms with Crippen molar-refractivity contribution in [1.82, 2.24) is 19.6 Å². The van der Waals surface area contributed by atoms with Crippen LogP contribution in [0.4, 0.5) is 5.82 Å². The van der Waals surface area contributed by atoms with Crippen molar-refractivity contribution in [2.75, 3.05) is 23.3 Å². The van der Waals surface area contributed by atoms with Crippen molar-refractivity contribution in [2.45, 2.75) is 13.8 Å². The highest BCUT2D eigenvalue weighted by atomic mass is 79.9. The van der Waals surface area contributed by atoms with Crippen LogP contribution in [0.1, 0.15) is 12.7 Å². The molecule has 0 unspecified atom stereocenters. The van der Waals surface area contributed by atoms with Gasteiger partial charge in [-0.1, -0.05) is 15.9 Å². The lowest BCUT2D eigenvalue weighted by atomic mass is 10.4. The molecule has 2 heterocycles. The lowest BCUT2D eigenvalue weighted by molar-refractivity contribution is 0.849. The lowest BCUT2D eigenvalue weighted by Gasteiger charge is -2.20. The van der Waals surface area contributed by atoms with Crippen LogP contribution in [0.5, 0.6) is 0 Å². The Hall–Kier alpha value is -1.17. The number of rotatable bonds is 4. The molecule has 0 aromatic carbocycles. The molecule has 0 aliphatic carbocycles. The van der Waals surface area contributed by atoms with Crippen LogP contribution in [-0.2, 0) is 0 Å². The van der Waals surface area contributed by atoms with Gasteiger partial charge in [0.15, 0.2) is 5.82 Å². The van der Waals surface area contributed by atoms with Crippen LogP contribution < -0.4 is 4.90 Å². The van der Waals surface area contributed by atoms with Crippen LogP contribution in [0.25, 0.3) is 5.65 Å². The van der Waals surface area contributed by atoms with Crippen LogP contribution >= 0.6 is 15.9 Å². The van der Waals surface area contributed by atoms with E-state index in [0.717, 1.165) is 35.7 Å². The van der Waals surface area contributed by atoms with E-state index in [1.165, 1.54) is 0 Å². The standard InChI is InChI=1S/C10H14BrN5/c1-3-15(6-4-11)9-10-14-13-8(2)16(10)7-5-12-9/h5,7H,3-4,6H2,1-2H3. The summed E-state index contributed by atoms with van der Waals surface area (Å²) in [6.45, 7) is 5.86. The average Bonchev–Trinajstić information content (AvgIpc) is 2.68. The zero-order valence-corrected chi connectivity index (χ0v) is 11.0. The van der Waals surface area contributed by atoms with E-state index in [-0.39, 0.29) is 0 Å². The average molecular weight is 284 g/mol. The number of nitrogens with zero attached hydrogens (tertiary/aromatic N) is 5. The van der Waals surface area contributed by atoms with Crippen molar-refractivity contribution in [3.05, 3.63) is 18.2 Å². The van der Waals surface area contributed by atoms with Crippen molar-refractivity contribution >= 4 is 27.4 Å². The molecule has 0 aliphatic rings. The van der Waals surface area contributed by atoms with Crippen molar-refractivity contribution in [2.24, 2.45) is 0 Å². The Bertz CT molecular complexity index is 481. The van der Waals surface area contributed by atoms with Gasteiger partial charge in [0.05, 0.1) is 0 Å². The Balaban J connectivity index is 2.50. The zero-order chi connectivity index (χ0) is 11.5. The number of aryl methyl sites for hydroxylation is 1. The van der Waals surface area contributed by atoms with Gasteiger partial charge in [-0.2, -0.15) is 0 Å². The SMILES string of the molecule is CCN(CCBr)c1nccn2c(C)nnc12. The number of hydrogen-bond acceptors (Lipinski definition) is 4. The third-order valence-electron chi connectivity index (χ3n) is 2.51. The van der Waals surface area contributed by atoms with Gasteiger partial charge in [0.1, 0.15) is 5.82 Å². The first-order valence-corrected chi connectivity index (χ1v) is 6.37. The molecule has 0 N–H and O–H groups in total. The molecule has 0 saturated carbocycles. The monoisotopic (exact) mass is 283 g/mol. The Labute approximate surface area is 103 Å². The summed E-state index contributed by atoms with van der Waals surface area (Å²) in [6.07, 6.45) is 3.67. The number of hydrogen-bond donors (Lipinski definition) is 0. The van der Waals surface area contributed by atoms with E-state index in [4.69, 9.17) is 0 Å². The number of halogens is 1. The molecule has 2 aromatic rings. The zero-order valence-electron chi connectivity index (χ0n) is 9.39. The van der Waals surface area contributed by atoms with Gasteiger partial charge in [-0.25, -0.2) is 4.98 Å². The molecule has 0 atom stereocenters. The summed E-state index contributed by atoms with van der Waals surface area (Å²) in [7, 11) is 0. The second-order valence-corrected chi connectivity index (χ2v) is 4.25. The van der Waals surface area contributed by atoms with E-state index in [1.54, 1.807) is 6.20 Å². The topological polar surface area (TPSA) is 46.3 Å². The van der Waals surface area contributed by atoms with Crippen LogP contribution in [0.15, 0.2) is 12.4 Å². The minimum atomic E-state index is 0.822.